The van der Waals surface area contributed by atoms with Gasteiger partial charge in [0.05, 0.1) is 5.02 Å². The smallest absolute Gasteiger partial charge is 0.0534 e. The molecule has 1 nitrogen and oxygen atoms in total. The summed E-state index contributed by atoms with van der Waals surface area (Å²) in [5.41, 5.74) is 9.42. The van der Waals surface area contributed by atoms with Gasteiger partial charge in [-0.15, -0.1) is 0 Å². The van der Waals surface area contributed by atoms with Gasteiger partial charge in [-0.2, -0.15) is 0 Å². The van der Waals surface area contributed by atoms with E-state index in [1.807, 2.05) is 43.3 Å². The lowest BCUT2D eigenvalue weighted by molar-refractivity contribution is 1.46. The van der Waals surface area contributed by atoms with Crippen molar-refractivity contribution in [2.24, 2.45) is 0 Å². The predicted octanol–water partition coefficient (Wildman–Crippen LogP) is 4.55. The Morgan fingerprint density at radius 3 is 2.19 bits per heavy atom. The first-order valence-corrected chi connectivity index (χ1v) is 5.65. The Bertz CT molecular complexity index is 518. The van der Waals surface area contributed by atoms with Crippen LogP contribution in [0.3, 0.4) is 0 Å². The van der Waals surface area contributed by atoms with E-state index in [0.717, 1.165) is 16.7 Å². The summed E-state index contributed by atoms with van der Waals surface area (Å²) in [5.74, 6) is 0. The number of hydrogen-bond donors (Lipinski definition) is 1. The molecule has 3 heteroatoms. The van der Waals surface area contributed by atoms with E-state index < -0.39 is 0 Å². The number of nitrogen functional groups attached to an aromatic ring is 1. The normalized spacial score (nSPS) is 10.4. The second-order valence-corrected chi connectivity index (χ2v) is 4.46. The average Bonchev–Trinajstić information content (AvgIpc) is 2.28. The summed E-state index contributed by atoms with van der Waals surface area (Å²) in [7, 11) is 0. The highest BCUT2D eigenvalue weighted by molar-refractivity contribution is 6.34. The van der Waals surface area contributed by atoms with Crippen molar-refractivity contribution in [2.45, 2.75) is 6.92 Å². The van der Waals surface area contributed by atoms with E-state index in [1.165, 1.54) is 0 Å². The predicted molar refractivity (Wildman–Crippen MR) is 71.0 cm³/mol. The molecule has 0 aliphatic rings. The highest BCUT2D eigenvalue weighted by Crippen LogP contribution is 2.33. The summed E-state index contributed by atoms with van der Waals surface area (Å²) in [5, 5.41) is 1.41. The number of halogens is 2. The van der Waals surface area contributed by atoms with Crippen molar-refractivity contribution in [3.63, 3.8) is 0 Å². The van der Waals surface area contributed by atoms with Gasteiger partial charge in [0.15, 0.2) is 0 Å². The minimum atomic E-state index is 0.697. The second-order valence-electron chi connectivity index (χ2n) is 3.65. The molecular weight excluding hydrogens is 241 g/mol. The van der Waals surface area contributed by atoms with Crippen LogP contribution in [0.1, 0.15) is 5.56 Å². The maximum Gasteiger partial charge on any atom is 0.0534 e. The van der Waals surface area contributed by atoms with E-state index in [4.69, 9.17) is 28.9 Å². The first-order valence-electron chi connectivity index (χ1n) is 4.90. The largest absolute Gasteiger partial charge is 0.398 e. The van der Waals surface area contributed by atoms with Crippen LogP contribution < -0.4 is 5.73 Å². The van der Waals surface area contributed by atoms with Crippen molar-refractivity contribution in [3.8, 4) is 11.1 Å². The Morgan fingerprint density at radius 2 is 1.56 bits per heavy atom. The first-order chi connectivity index (χ1) is 7.59. The zero-order valence-electron chi connectivity index (χ0n) is 8.80. The molecular formula is C13H11Cl2N. The lowest BCUT2D eigenvalue weighted by atomic mass is 10.0. The molecule has 0 aliphatic carbocycles. The molecule has 2 aromatic rings. The number of anilines is 1. The Kier molecular flexibility index (Phi) is 3.08. The topological polar surface area (TPSA) is 26.0 Å². The Morgan fingerprint density at radius 1 is 0.938 bits per heavy atom. The van der Waals surface area contributed by atoms with Crippen LogP contribution in [0.15, 0.2) is 36.4 Å². The molecule has 0 aliphatic heterocycles. The van der Waals surface area contributed by atoms with Crippen LogP contribution >= 0.6 is 23.2 Å². The van der Waals surface area contributed by atoms with E-state index >= 15 is 0 Å². The monoisotopic (exact) mass is 251 g/mol. The summed E-state index contributed by atoms with van der Waals surface area (Å²) in [4.78, 5) is 0. The molecule has 16 heavy (non-hydrogen) atoms. The quantitative estimate of drug-likeness (QED) is 0.740. The van der Waals surface area contributed by atoms with Crippen LogP contribution in [-0.2, 0) is 0 Å². The minimum Gasteiger partial charge on any atom is -0.398 e. The molecule has 0 bridgehead atoms. The second kappa shape index (κ2) is 4.36. The lowest BCUT2D eigenvalue weighted by Gasteiger charge is -2.09. The standard InChI is InChI=1S/C13H11Cl2N/c1-8-12(16)7-6-11(13(8)15)9-2-4-10(14)5-3-9/h2-7H,16H2,1H3. The van der Waals surface area contributed by atoms with E-state index in [2.05, 4.69) is 0 Å². The molecule has 2 rings (SSSR count). The van der Waals surface area contributed by atoms with Crippen molar-refractivity contribution in [1.82, 2.24) is 0 Å². The third-order valence-corrected chi connectivity index (χ3v) is 3.32. The molecule has 0 fully saturated rings. The third kappa shape index (κ3) is 2.01. The Hall–Kier alpha value is -1.18. The van der Waals surface area contributed by atoms with Gasteiger partial charge in [-0.05, 0) is 36.2 Å². The van der Waals surface area contributed by atoms with E-state index in [-0.39, 0.29) is 0 Å². The highest BCUT2D eigenvalue weighted by Gasteiger charge is 2.07. The molecule has 0 saturated carbocycles. The maximum absolute atomic E-state index is 6.26. The fraction of sp³-hybridized carbons (Fsp3) is 0.0769. The van der Waals surface area contributed by atoms with Crippen molar-refractivity contribution in [3.05, 3.63) is 52.0 Å². The van der Waals surface area contributed by atoms with Gasteiger partial charge in [-0.3, -0.25) is 0 Å². The van der Waals surface area contributed by atoms with Gasteiger partial charge >= 0.3 is 0 Å². The van der Waals surface area contributed by atoms with Gasteiger partial charge in [0, 0.05) is 16.3 Å². The molecule has 0 atom stereocenters. The van der Waals surface area contributed by atoms with Gasteiger partial charge in [0.1, 0.15) is 0 Å². The average molecular weight is 252 g/mol. The van der Waals surface area contributed by atoms with E-state index in [9.17, 15) is 0 Å². The van der Waals surface area contributed by atoms with Gasteiger partial charge in [0.2, 0.25) is 0 Å². The SMILES string of the molecule is Cc1c(N)ccc(-c2ccc(Cl)cc2)c1Cl. The molecule has 2 N–H and O–H groups in total. The van der Waals surface area contributed by atoms with Crippen LogP contribution in [0.5, 0.6) is 0 Å². The van der Waals surface area contributed by atoms with E-state index in [0.29, 0.717) is 15.7 Å². The fourth-order valence-electron chi connectivity index (χ4n) is 1.55. The highest BCUT2D eigenvalue weighted by atomic mass is 35.5. The number of nitrogens with two attached hydrogens (primary N) is 1. The molecule has 0 spiro atoms. The summed E-state index contributed by atoms with van der Waals surface area (Å²) in [6.07, 6.45) is 0. The maximum atomic E-state index is 6.26. The zero-order chi connectivity index (χ0) is 11.7. The van der Waals surface area contributed by atoms with Crippen LogP contribution in [0.2, 0.25) is 10.0 Å². The molecule has 0 radical (unpaired) electrons. The van der Waals surface area contributed by atoms with Gasteiger partial charge in [-0.1, -0.05) is 41.4 Å². The zero-order valence-corrected chi connectivity index (χ0v) is 10.3. The van der Waals surface area contributed by atoms with Crippen molar-refractivity contribution < 1.29 is 0 Å². The summed E-state index contributed by atoms with van der Waals surface area (Å²) in [6.45, 7) is 1.91. The van der Waals surface area contributed by atoms with Crippen LogP contribution in [0, 0.1) is 6.92 Å². The van der Waals surface area contributed by atoms with Crippen LogP contribution in [0.4, 0.5) is 5.69 Å². The Balaban J connectivity index is 2.57. The van der Waals surface area contributed by atoms with Crippen molar-refractivity contribution in [2.75, 3.05) is 5.73 Å². The minimum absolute atomic E-state index is 0.697. The number of rotatable bonds is 1. The summed E-state index contributed by atoms with van der Waals surface area (Å²) in [6, 6.07) is 11.4. The third-order valence-electron chi connectivity index (χ3n) is 2.58. The molecule has 0 saturated heterocycles. The molecule has 0 amide bonds. The van der Waals surface area contributed by atoms with Crippen molar-refractivity contribution >= 4 is 28.9 Å². The molecule has 2 aromatic carbocycles. The molecule has 0 unspecified atom stereocenters. The van der Waals surface area contributed by atoms with Gasteiger partial charge in [0.25, 0.3) is 0 Å². The Labute approximate surface area is 105 Å². The summed E-state index contributed by atoms with van der Waals surface area (Å²) >= 11 is 12.1. The van der Waals surface area contributed by atoms with E-state index in [1.54, 1.807) is 0 Å². The first kappa shape index (κ1) is 11.3. The molecule has 0 heterocycles. The lowest BCUT2D eigenvalue weighted by Crippen LogP contribution is -1.91. The summed E-state index contributed by atoms with van der Waals surface area (Å²) < 4.78 is 0. The van der Waals surface area contributed by atoms with Crippen molar-refractivity contribution in [1.29, 1.82) is 0 Å². The van der Waals surface area contributed by atoms with Crippen LogP contribution in [0.25, 0.3) is 11.1 Å². The molecule has 0 aromatic heterocycles. The molecule has 82 valence electrons. The van der Waals surface area contributed by atoms with Gasteiger partial charge < -0.3 is 5.73 Å². The number of hydrogen-bond acceptors (Lipinski definition) is 1. The fourth-order valence-corrected chi connectivity index (χ4v) is 1.96. The number of benzene rings is 2. The van der Waals surface area contributed by atoms with Crippen LogP contribution in [-0.4, -0.2) is 0 Å². The van der Waals surface area contributed by atoms with Gasteiger partial charge in [-0.25, -0.2) is 0 Å².